The van der Waals surface area contributed by atoms with Crippen molar-refractivity contribution in [1.29, 1.82) is 0 Å². The molecule has 1 amide bonds. The summed E-state index contributed by atoms with van der Waals surface area (Å²) >= 11 is 5.76. The van der Waals surface area contributed by atoms with Crippen LogP contribution in [0.1, 0.15) is 10.4 Å². The maximum atomic E-state index is 13.2. The number of hydrogen-bond donors (Lipinski definition) is 1. The molecule has 0 aliphatic carbocycles. The van der Waals surface area contributed by atoms with E-state index >= 15 is 0 Å². The highest BCUT2D eigenvalue weighted by Crippen LogP contribution is 2.24. The molecule has 0 unspecified atom stereocenters. The SMILES string of the molecule is O=C(Nc1ncco1)c1ccnc(-c2ccc(F)c(Cl)c2)c1. The van der Waals surface area contributed by atoms with Crippen molar-refractivity contribution in [1.82, 2.24) is 9.97 Å². The van der Waals surface area contributed by atoms with Crippen molar-refractivity contribution in [2.45, 2.75) is 0 Å². The average molecular weight is 318 g/mol. The third-order valence-electron chi connectivity index (χ3n) is 2.89. The van der Waals surface area contributed by atoms with Gasteiger partial charge in [0.25, 0.3) is 5.91 Å². The summed E-state index contributed by atoms with van der Waals surface area (Å²) in [4.78, 5) is 20.1. The fourth-order valence-electron chi connectivity index (χ4n) is 1.84. The molecule has 0 saturated heterocycles. The largest absolute Gasteiger partial charge is 0.432 e. The number of hydrogen-bond acceptors (Lipinski definition) is 4. The Morgan fingerprint density at radius 3 is 2.77 bits per heavy atom. The monoisotopic (exact) mass is 317 g/mol. The van der Waals surface area contributed by atoms with E-state index in [-0.39, 0.29) is 16.9 Å². The first kappa shape index (κ1) is 14.2. The van der Waals surface area contributed by atoms with Gasteiger partial charge in [-0.15, -0.1) is 0 Å². The molecule has 2 aromatic heterocycles. The van der Waals surface area contributed by atoms with Crippen LogP contribution in [0.2, 0.25) is 5.02 Å². The minimum absolute atomic E-state index is 0.00561. The van der Waals surface area contributed by atoms with E-state index in [0.29, 0.717) is 16.8 Å². The fourth-order valence-corrected chi connectivity index (χ4v) is 2.02. The quantitative estimate of drug-likeness (QED) is 0.798. The summed E-state index contributed by atoms with van der Waals surface area (Å²) in [7, 11) is 0. The Balaban J connectivity index is 1.88. The van der Waals surface area contributed by atoms with E-state index < -0.39 is 5.82 Å². The van der Waals surface area contributed by atoms with Gasteiger partial charge in [0.05, 0.1) is 16.9 Å². The second-order valence-corrected chi connectivity index (χ2v) is 4.76. The Morgan fingerprint density at radius 1 is 1.18 bits per heavy atom. The molecule has 0 spiro atoms. The van der Waals surface area contributed by atoms with Gasteiger partial charge in [0.15, 0.2) is 0 Å². The van der Waals surface area contributed by atoms with Crippen LogP contribution >= 0.6 is 11.6 Å². The van der Waals surface area contributed by atoms with Crippen molar-refractivity contribution in [3.8, 4) is 11.3 Å². The topological polar surface area (TPSA) is 68.0 Å². The third-order valence-corrected chi connectivity index (χ3v) is 3.18. The van der Waals surface area contributed by atoms with E-state index in [1.165, 1.54) is 30.8 Å². The molecule has 1 aromatic carbocycles. The minimum atomic E-state index is -0.511. The number of carbonyl (C=O) groups excluding carboxylic acids is 1. The van der Waals surface area contributed by atoms with Crippen molar-refractivity contribution in [2.24, 2.45) is 0 Å². The van der Waals surface area contributed by atoms with Crippen LogP contribution in [0.3, 0.4) is 0 Å². The lowest BCUT2D eigenvalue weighted by molar-refractivity contribution is 0.102. The second-order valence-electron chi connectivity index (χ2n) is 4.35. The lowest BCUT2D eigenvalue weighted by Gasteiger charge is -2.05. The molecule has 0 fully saturated rings. The second kappa shape index (κ2) is 5.95. The summed E-state index contributed by atoms with van der Waals surface area (Å²) < 4.78 is 18.2. The molecule has 0 aliphatic rings. The van der Waals surface area contributed by atoms with Crippen LogP contribution in [-0.2, 0) is 0 Å². The minimum Gasteiger partial charge on any atom is -0.432 e. The van der Waals surface area contributed by atoms with Crippen LogP contribution in [0.25, 0.3) is 11.3 Å². The van der Waals surface area contributed by atoms with Crippen LogP contribution in [0.4, 0.5) is 10.4 Å². The molecule has 0 aliphatic heterocycles. The first-order valence-electron chi connectivity index (χ1n) is 6.26. The van der Waals surface area contributed by atoms with E-state index in [1.807, 2.05) is 0 Å². The molecule has 0 atom stereocenters. The normalized spacial score (nSPS) is 10.5. The predicted molar refractivity (Wildman–Crippen MR) is 79.1 cm³/mol. The number of nitrogens with one attached hydrogen (secondary N) is 1. The summed E-state index contributed by atoms with van der Waals surface area (Å²) in [6.45, 7) is 0. The zero-order valence-corrected chi connectivity index (χ0v) is 11.8. The van der Waals surface area contributed by atoms with E-state index in [9.17, 15) is 9.18 Å². The van der Waals surface area contributed by atoms with Gasteiger partial charge in [-0.1, -0.05) is 11.6 Å². The summed E-state index contributed by atoms with van der Waals surface area (Å²) in [5.74, 6) is -0.900. The van der Waals surface area contributed by atoms with Crippen molar-refractivity contribution < 1.29 is 13.6 Å². The first-order chi connectivity index (χ1) is 10.6. The zero-order valence-electron chi connectivity index (χ0n) is 11.1. The van der Waals surface area contributed by atoms with Crippen molar-refractivity contribution >= 4 is 23.5 Å². The maximum Gasteiger partial charge on any atom is 0.301 e. The van der Waals surface area contributed by atoms with Gasteiger partial charge in [-0.2, -0.15) is 0 Å². The molecule has 0 saturated carbocycles. The summed E-state index contributed by atoms with van der Waals surface area (Å²) in [5.41, 5.74) is 1.47. The molecule has 7 heteroatoms. The highest BCUT2D eigenvalue weighted by Gasteiger charge is 2.11. The van der Waals surface area contributed by atoms with Gasteiger partial charge >= 0.3 is 6.01 Å². The molecule has 3 rings (SSSR count). The summed E-state index contributed by atoms with van der Waals surface area (Å²) in [5, 5.41) is 2.50. The van der Waals surface area contributed by atoms with Crippen molar-refractivity contribution in [2.75, 3.05) is 5.32 Å². The molecule has 3 aromatic rings. The first-order valence-corrected chi connectivity index (χ1v) is 6.63. The van der Waals surface area contributed by atoms with Gasteiger partial charge in [-0.05, 0) is 30.3 Å². The molecule has 2 heterocycles. The lowest BCUT2D eigenvalue weighted by atomic mass is 10.1. The summed E-state index contributed by atoms with van der Waals surface area (Å²) in [6.07, 6.45) is 4.26. The molecule has 0 bridgehead atoms. The predicted octanol–water partition coefficient (Wildman–Crippen LogP) is 3.78. The number of anilines is 1. The zero-order chi connectivity index (χ0) is 15.5. The highest BCUT2D eigenvalue weighted by molar-refractivity contribution is 6.31. The molecule has 1 N–H and O–H groups in total. The Morgan fingerprint density at radius 2 is 2.05 bits per heavy atom. The number of nitrogens with zero attached hydrogens (tertiary/aromatic N) is 2. The number of carbonyl (C=O) groups is 1. The molecule has 5 nitrogen and oxygen atoms in total. The Bertz CT molecular complexity index is 821. The molecule has 22 heavy (non-hydrogen) atoms. The van der Waals surface area contributed by atoms with Crippen LogP contribution in [-0.4, -0.2) is 15.9 Å². The number of oxazole rings is 1. The number of pyridine rings is 1. The number of halogens is 2. The standard InChI is InChI=1S/C15H9ClFN3O2/c16-11-7-9(1-2-12(11)17)13-8-10(3-4-18-13)14(21)20-15-19-5-6-22-15/h1-8H,(H,19,20,21). The van der Waals surface area contributed by atoms with Gasteiger partial charge in [-0.3, -0.25) is 15.1 Å². The number of amides is 1. The Labute approximate surface area is 129 Å². The number of rotatable bonds is 3. The van der Waals surface area contributed by atoms with Crippen LogP contribution in [0.15, 0.2) is 53.4 Å². The number of aromatic nitrogens is 2. The molecular weight excluding hydrogens is 309 g/mol. The summed E-state index contributed by atoms with van der Waals surface area (Å²) in [6, 6.07) is 7.47. The Hall–Kier alpha value is -2.73. The fraction of sp³-hybridized carbons (Fsp3) is 0. The average Bonchev–Trinajstić information content (AvgIpc) is 3.03. The van der Waals surface area contributed by atoms with E-state index in [4.69, 9.17) is 16.0 Å². The van der Waals surface area contributed by atoms with Crippen LogP contribution in [0.5, 0.6) is 0 Å². The van der Waals surface area contributed by atoms with Gasteiger partial charge in [0.1, 0.15) is 12.1 Å². The van der Waals surface area contributed by atoms with E-state index in [0.717, 1.165) is 0 Å². The third kappa shape index (κ3) is 2.96. The van der Waals surface area contributed by atoms with Crippen molar-refractivity contribution in [3.63, 3.8) is 0 Å². The van der Waals surface area contributed by atoms with Crippen molar-refractivity contribution in [3.05, 3.63) is 65.4 Å². The maximum absolute atomic E-state index is 13.2. The number of benzene rings is 1. The van der Waals surface area contributed by atoms with Gasteiger partial charge in [0, 0.05) is 17.3 Å². The molecular formula is C15H9ClFN3O2. The van der Waals surface area contributed by atoms with E-state index in [2.05, 4.69) is 15.3 Å². The molecule has 110 valence electrons. The lowest BCUT2D eigenvalue weighted by Crippen LogP contribution is -2.12. The van der Waals surface area contributed by atoms with Gasteiger partial charge < -0.3 is 4.42 Å². The Kier molecular flexibility index (Phi) is 3.84. The van der Waals surface area contributed by atoms with E-state index in [1.54, 1.807) is 18.2 Å². The van der Waals surface area contributed by atoms with Gasteiger partial charge in [-0.25, -0.2) is 9.37 Å². The smallest absolute Gasteiger partial charge is 0.301 e. The highest BCUT2D eigenvalue weighted by atomic mass is 35.5. The van der Waals surface area contributed by atoms with Crippen LogP contribution < -0.4 is 5.32 Å². The van der Waals surface area contributed by atoms with Gasteiger partial charge in [0.2, 0.25) is 0 Å². The molecule has 0 radical (unpaired) electrons. The van der Waals surface area contributed by atoms with Crippen LogP contribution in [0, 0.1) is 5.82 Å².